The predicted octanol–water partition coefficient (Wildman–Crippen LogP) is 1.34. The van der Waals surface area contributed by atoms with Crippen LogP contribution in [0.3, 0.4) is 0 Å². The molecule has 1 fully saturated rings. The van der Waals surface area contributed by atoms with Gasteiger partial charge in [0.25, 0.3) is 5.91 Å². The number of anilines is 1. The summed E-state index contributed by atoms with van der Waals surface area (Å²) < 4.78 is 5.44. The average Bonchev–Trinajstić information content (AvgIpc) is 2.96. The van der Waals surface area contributed by atoms with Gasteiger partial charge in [-0.3, -0.25) is 14.5 Å². The maximum absolute atomic E-state index is 12.2. The number of hydrogen-bond donors (Lipinski definition) is 0. The summed E-state index contributed by atoms with van der Waals surface area (Å²) in [6, 6.07) is 5.67. The largest absolute Gasteiger partial charge is 0.482 e. The zero-order chi connectivity index (χ0) is 14.1. The first-order valence-electron chi connectivity index (χ1n) is 6.97. The first-order chi connectivity index (χ1) is 9.65. The molecular weight excluding hydrogens is 256 g/mol. The van der Waals surface area contributed by atoms with E-state index >= 15 is 0 Å². The number of carbonyl (C=O) groups is 2. The monoisotopic (exact) mass is 274 g/mol. The number of benzene rings is 1. The lowest BCUT2D eigenvalue weighted by atomic mass is 10.1. The number of amides is 2. The van der Waals surface area contributed by atoms with Crippen molar-refractivity contribution in [3.8, 4) is 5.75 Å². The van der Waals surface area contributed by atoms with E-state index in [9.17, 15) is 9.59 Å². The quantitative estimate of drug-likeness (QED) is 0.818. The van der Waals surface area contributed by atoms with Crippen LogP contribution >= 0.6 is 0 Å². The lowest BCUT2D eigenvalue weighted by Crippen LogP contribution is -2.45. The summed E-state index contributed by atoms with van der Waals surface area (Å²) >= 11 is 0. The van der Waals surface area contributed by atoms with Gasteiger partial charge >= 0.3 is 0 Å². The Morgan fingerprint density at radius 3 is 2.80 bits per heavy atom. The number of aryl methyl sites for hydroxylation is 1. The van der Waals surface area contributed by atoms with E-state index in [1.807, 2.05) is 30.0 Å². The minimum absolute atomic E-state index is 0.00370. The van der Waals surface area contributed by atoms with Crippen molar-refractivity contribution in [2.75, 3.05) is 31.1 Å². The SMILES string of the molecule is Cc1ccc2c(c1)OCC(=O)N2CC(=O)N1CCCC1. The smallest absolute Gasteiger partial charge is 0.265 e. The van der Waals surface area contributed by atoms with Crippen molar-refractivity contribution in [2.24, 2.45) is 0 Å². The summed E-state index contributed by atoms with van der Waals surface area (Å²) in [5, 5.41) is 0. The maximum Gasteiger partial charge on any atom is 0.265 e. The molecule has 106 valence electrons. The third-order valence-corrected chi connectivity index (χ3v) is 3.81. The first-order valence-corrected chi connectivity index (χ1v) is 6.97. The molecular formula is C15H18N2O3. The Morgan fingerprint density at radius 1 is 1.30 bits per heavy atom. The third kappa shape index (κ3) is 2.35. The predicted molar refractivity (Wildman–Crippen MR) is 74.8 cm³/mol. The molecule has 5 heteroatoms. The Hall–Kier alpha value is -2.04. The summed E-state index contributed by atoms with van der Waals surface area (Å²) in [7, 11) is 0. The van der Waals surface area contributed by atoms with E-state index in [4.69, 9.17) is 4.74 Å². The normalized spacial score (nSPS) is 17.9. The lowest BCUT2D eigenvalue weighted by molar-refractivity contribution is -0.131. The highest BCUT2D eigenvalue weighted by Crippen LogP contribution is 2.32. The number of carbonyl (C=O) groups excluding carboxylic acids is 2. The summed E-state index contributed by atoms with van der Waals surface area (Å²) in [5.41, 5.74) is 1.77. The topological polar surface area (TPSA) is 49.9 Å². The van der Waals surface area contributed by atoms with Gasteiger partial charge in [-0.25, -0.2) is 0 Å². The number of rotatable bonds is 2. The number of fused-ring (bicyclic) bond motifs is 1. The fourth-order valence-electron chi connectivity index (χ4n) is 2.69. The van der Waals surface area contributed by atoms with Gasteiger partial charge in [-0.2, -0.15) is 0 Å². The van der Waals surface area contributed by atoms with Crippen molar-refractivity contribution in [2.45, 2.75) is 19.8 Å². The summed E-state index contributed by atoms with van der Waals surface area (Å²) in [6.45, 7) is 3.69. The molecule has 2 heterocycles. The zero-order valence-corrected chi connectivity index (χ0v) is 11.6. The molecule has 0 bridgehead atoms. The molecule has 1 aromatic carbocycles. The third-order valence-electron chi connectivity index (χ3n) is 3.81. The molecule has 2 aliphatic heterocycles. The summed E-state index contributed by atoms with van der Waals surface area (Å²) in [5.74, 6) is 0.539. The highest BCUT2D eigenvalue weighted by molar-refractivity contribution is 6.02. The van der Waals surface area contributed by atoms with Gasteiger partial charge in [0.2, 0.25) is 5.91 Å². The van der Waals surface area contributed by atoms with Crippen molar-refractivity contribution in [3.05, 3.63) is 23.8 Å². The Kier molecular flexibility index (Phi) is 3.34. The Balaban J connectivity index is 1.82. The molecule has 0 spiro atoms. The molecule has 2 aliphatic rings. The highest BCUT2D eigenvalue weighted by Gasteiger charge is 2.29. The Labute approximate surface area is 118 Å². The fraction of sp³-hybridized carbons (Fsp3) is 0.467. The van der Waals surface area contributed by atoms with Crippen LogP contribution in [-0.2, 0) is 9.59 Å². The van der Waals surface area contributed by atoms with Crippen molar-refractivity contribution in [1.29, 1.82) is 0 Å². The first kappa shape index (κ1) is 13.0. The van der Waals surface area contributed by atoms with Crippen LogP contribution < -0.4 is 9.64 Å². The van der Waals surface area contributed by atoms with Crippen LogP contribution in [0.1, 0.15) is 18.4 Å². The minimum atomic E-state index is -0.158. The van der Waals surface area contributed by atoms with E-state index in [1.165, 1.54) is 0 Å². The van der Waals surface area contributed by atoms with Crippen LogP contribution in [0.25, 0.3) is 0 Å². The van der Waals surface area contributed by atoms with Crippen molar-refractivity contribution >= 4 is 17.5 Å². The van der Waals surface area contributed by atoms with Gasteiger partial charge in [0, 0.05) is 13.1 Å². The second kappa shape index (κ2) is 5.15. The Morgan fingerprint density at radius 2 is 2.05 bits per heavy atom. The highest BCUT2D eigenvalue weighted by atomic mass is 16.5. The number of hydrogen-bond acceptors (Lipinski definition) is 3. The van der Waals surface area contributed by atoms with Gasteiger partial charge in [-0.15, -0.1) is 0 Å². The van der Waals surface area contributed by atoms with Crippen molar-refractivity contribution in [1.82, 2.24) is 4.90 Å². The van der Waals surface area contributed by atoms with Gasteiger partial charge in [-0.05, 0) is 37.5 Å². The van der Waals surface area contributed by atoms with Crippen LogP contribution in [0, 0.1) is 6.92 Å². The Bertz CT molecular complexity index is 550. The molecule has 0 radical (unpaired) electrons. The van der Waals surface area contributed by atoms with Gasteiger partial charge in [0.1, 0.15) is 12.3 Å². The standard InChI is InChI=1S/C15H18N2O3/c1-11-4-5-12-13(8-11)20-10-15(19)17(12)9-14(18)16-6-2-3-7-16/h4-5,8H,2-3,6-7,9-10H2,1H3. The maximum atomic E-state index is 12.2. The van der Waals surface area contributed by atoms with E-state index in [2.05, 4.69) is 0 Å². The van der Waals surface area contributed by atoms with Crippen LogP contribution in [-0.4, -0.2) is 43.0 Å². The van der Waals surface area contributed by atoms with E-state index < -0.39 is 0 Å². The van der Waals surface area contributed by atoms with E-state index in [0.717, 1.165) is 31.5 Å². The van der Waals surface area contributed by atoms with E-state index in [0.29, 0.717) is 11.4 Å². The van der Waals surface area contributed by atoms with E-state index in [1.54, 1.807) is 4.90 Å². The molecule has 0 N–H and O–H groups in total. The molecule has 0 aliphatic carbocycles. The summed E-state index contributed by atoms with van der Waals surface area (Å²) in [6.07, 6.45) is 2.11. The molecule has 0 atom stereocenters. The van der Waals surface area contributed by atoms with Gasteiger partial charge in [0.15, 0.2) is 6.61 Å². The molecule has 0 unspecified atom stereocenters. The van der Waals surface area contributed by atoms with Crippen LogP contribution in [0.2, 0.25) is 0 Å². The molecule has 20 heavy (non-hydrogen) atoms. The zero-order valence-electron chi connectivity index (χ0n) is 11.6. The molecule has 1 aromatic rings. The van der Waals surface area contributed by atoms with Gasteiger partial charge in [0.05, 0.1) is 5.69 Å². The minimum Gasteiger partial charge on any atom is -0.482 e. The fourth-order valence-corrected chi connectivity index (χ4v) is 2.69. The number of ether oxygens (including phenoxy) is 1. The van der Waals surface area contributed by atoms with E-state index in [-0.39, 0.29) is 25.0 Å². The molecule has 3 rings (SSSR count). The van der Waals surface area contributed by atoms with Crippen LogP contribution in [0.15, 0.2) is 18.2 Å². The summed E-state index contributed by atoms with van der Waals surface area (Å²) in [4.78, 5) is 27.6. The lowest BCUT2D eigenvalue weighted by Gasteiger charge is -2.30. The van der Waals surface area contributed by atoms with Crippen molar-refractivity contribution in [3.63, 3.8) is 0 Å². The van der Waals surface area contributed by atoms with Gasteiger partial charge in [-0.1, -0.05) is 6.07 Å². The van der Waals surface area contributed by atoms with Crippen molar-refractivity contribution < 1.29 is 14.3 Å². The number of likely N-dealkylation sites (tertiary alicyclic amines) is 1. The molecule has 0 aromatic heterocycles. The van der Waals surface area contributed by atoms with Gasteiger partial charge < -0.3 is 9.64 Å². The number of nitrogens with zero attached hydrogens (tertiary/aromatic N) is 2. The average molecular weight is 274 g/mol. The molecule has 1 saturated heterocycles. The second-order valence-electron chi connectivity index (χ2n) is 5.33. The molecule has 0 saturated carbocycles. The van der Waals surface area contributed by atoms with Crippen LogP contribution in [0.4, 0.5) is 5.69 Å². The molecule has 5 nitrogen and oxygen atoms in total. The molecule has 2 amide bonds. The second-order valence-corrected chi connectivity index (χ2v) is 5.33. The van der Waals surface area contributed by atoms with Crippen LogP contribution in [0.5, 0.6) is 5.75 Å².